The van der Waals surface area contributed by atoms with Gasteiger partial charge in [-0.3, -0.25) is 4.40 Å². The largest absolute Gasteiger partial charge is 0.340 e. The smallest absolute Gasteiger partial charge is 0.227 e. The van der Waals surface area contributed by atoms with E-state index in [1.807, 2.05) is 6.92 Å². The van der Waals surface area contributed by atoms with E-state index in [9.17, 15) is 0 Å². The van der Waals surface area contributed by atoms with Crippen molar-refractivity contribution in [2.75, 3.05) is 6.54 Å². The summed E-state index contributed by atoms with van der Waals surface area (Å²) < 4.78 is 7.11. The average Bonchev–Trinajstić information content (AvgIpc) is 3.03. The molecule has 100 valence electrons. The molecule has 0 saturated carbocycles. The zero-order valence-corrected chi connectivity index (χ0v) is 11.7. The van der Waals surface area contributed by atoms with Gasteiger partial charge in [0, 0.05) is 30.6 Å². The van der Waals surface area contributed by atoms with Crippen LogP contribution in [0.15, 0.2) is 17.0 Å². The van der Waals surface area contributed by atoms with Crippen LogP contribution in [0.1, 0.15) is 22.2 Å². The van der Waals surface area contributed by atoms with Crippen LogP contribution in [0, 0.1) is 13.8 Å². The molecule has 3 aromatic heterocycles. The van der Waals surface area contributed by atoms with E-state index in [0.29, 0.717) is 5.89 Å². The molecule has 19 heavy (non-hydrogen) atoms. The maximum atomic E-state index is 4.95. The molecular formula is C12H15N5OS. The summed E-state index contributed by atoms with van der Waals surface area (Å²) in [5.74, 6) is 0.661. The quantitative estimate of drug-likeness (QED) is 0.719. The zero-order valence-electron chi connectivity index (χ0n) is 10.9. The zero-order chi connectivity index (χ0) is 13.2. The van der Waals surface area contributed by atoms with Gasteiger partial charge in [0.2, 0.25) is 5.89 Å². The number of hydrogen-bond acceptors (Lipinski definition) is 6. The van der Waals surface area contributed by atoms with E-state index in [1.165, 1.54) is 16.9 Å². The molecule has 0 bridgehead atoms. The number of imidazole rings is 1. The predicted molar refractivity (Wildman–Crippen MR) is 72.3 cm³/mol. The highest BCUT2D eigenvalue weighted by molar-refractivity contribution is 7.17. The number of aromatic nitrogens is 4. The third kappa shape index (κ3) is 2.52. The lowest BCUT2D eigenvalue weighted by molar-refractivity contribution is 0.374. The van der Waals surface area contributed by atoms with Gasteiger partial charge < -0.3 is 9.84 Å². The Labute approximate surface area is 114 Å². The number of rotatable bonds is 5. The minimum absolute atomic E-state index is 0.661. The minimum atomic E-state index is 0.661. The van der Waals surface area contributed by atoms with Crippen molar-refractivity contribution >= 4 is 16.3 Å². The molecule has 0 aliphatic heterocycles. The maximum Gasteiger partial charge on any atom is 0.227 e. The summed E-state index contributed by atoms with van der Waals surface area (Å²) in [6.07, 6.45) is 4.30. The summed E-state index contributed by atoms with van der Waals surface area (Å²) in [6.45, 7) is 5.74. The summed E-state index contributed by atoms with van der Waals surface area (Å²) in [7, 11) is 0. The van der Waals surface area contributed by atoms with Gasteiger partial charge in [-0.25, -0.2) is 4.98 Å². The lowest BCUT2D eigenvalue weighted by Gasteiger charge is -2.03. The van der Waals surface area contributed by atoms with Gasteiger partial charge in [0.1, 0.15) is 0 Å². The Morgan fingerprint density at radius 2 is 2.32 bits per heavy atom. The van der Waals surface area contributed by atoms with E-state index in [-0.39, 0.29) is 0 Å². The molecule has 3 heterocycles. The Hall–Kier alpha value is -1.73. The molecule has 1 N–H and O–H groups in total. The Morgan fingerprint density at radius 1 is 1.42 bits per heavy atom. The van der Waals surface area contributed by atoms with Crippen molar-refractivity contribution in [1.29, 1.82) is 0 Å². The molecule has 0 fully saturated rings. The predicted octanol–water partition coefficient (Wildman–Crippen LogP) is 1.73. The van der Waals surface area contributed by atoms with E-state index >= 15 is 0 Å². The van der Waals surface area contributed by atoms with Crippen molar-refractivity contribution in [2.24, 2.45) is 0 Å². The molecule has 0 aliphatic carbocycles. The van der Waals surface area contributed by atoms with Gasteiger partial charge in [-0.05, 0) is 13.8 Å². The molecule has 0 aromatic carbocycles. The molecule has 0 spiro atoms. The van der Waals surface area contributed by atoms with E-state index in [1.54, 1.807) is 11.3 Å². The molecule has 6 nitrogen and oxygen atoms in total. The van der Waals surface area contributed by atoms with Crippen LogP contribution in [0.4, 0.5) is 0 Å². The van der Waals surface area contributed by atoms with Gasteiger partial charge in [0.15, 0.2) is 11.3 Å². The lowest BCUT2D eigenvalue weighted by atomic mass is 10.3. The highest BCUT2D eigenvalue weighted by Crippen LogP contribution is 2.20. The van der Waals surface area contributed by atoms with Gasteiger partial charge in [-0.15, -0.1) is 11.3 Å². The van der Waals surface area contributed by atoms with E-state index in [4.69, 9.17) is 4.52 Å². The summed E-state index contributed by atoms with van der Waals surface area (Å²) in [6, 6.07) is 0. The fraction of sp³-hybridized carbons (Fsp3) is 0.417. The molecule has 0 unspecified atom stereocenters. The van der Waals surface area contributed by atoms with Crippen molar-refractivity contribution < 1.29 is 4.52 Å². The number of nitrogens with zero attached hydrogens (tertiary/aromatic N) is 4. The summed E-state index contributed by atoms with van der Waals surface area (Å²) in [4.78, 5) is 10.9. The summed E-state index contributed by atoms with van der Waals surface area (Å²) in [5, 5.41) is 6.97. The number of aryl methyl sites for hydroxylation is 2. The molecule has 3 rings (SSSR count). The molecule has 0 radical (unpaired) electrons. The van der Waals surface area contributed by atoms with Crippen LogP contribution in [-0.2, 0) is 13.0 Å². The Balaban J connectivity index is 1.63. The number of fused-ring (bicyclic) bond motifs is 1. The number of nitrogens with one attached hydrogen (secondary N) is 1. The van der Waals surface area contributed by atoms with Crippen LogP contribution >= 0.6 is 11.3 Å². The standard InChI is InChI=1S/C12H15N5OS/c1-8-6-17-10(9(2)16-12(17)19-8)5-13-4-3-11-14-7-15-18-11/h6-7,13H,3-5H2,1-2H3. The maximum absolute atomic E-state index is 4.95. The van der Waals surface area contributed by atoms with Crippen LogP contribution in [0.2, 0.25) is 0 Å². The molecule has 0 aliphatic rings. The van der Waals surface area contributed by atoms with Gasteiger partial charge in [0.05, 0.1) is 11.4 Å². The summed E-state index contributed by atoms with van der Waals surface area (Å²) >= 11 is 1.72. The van der Waals surface area contributed by atoms with E-state index in [2.05, 4.69) is 38.0 Å². The molecule has 7 heteroatoms. The Bertz CT molecular complexity index is 670. The van der Waals surface area contributed by atoms with E-state index in [0.717, 1.165) is 30.2 Å². The van der Waals surface area contributed by atoms with E-state index < -0.39 is 0 Å². The molecular weight excluding hydrogens is 262 g/mol. The highest BCUT2D eigenvalue weighted by atomic mass is 32.1. The highest BCUT2D eigenvalue weighted by Gasteiger charge is 2.10. The monoisotopic (exact) mass is 277 g/mol. The fourth-order valence-electron chi connectivity index (χ4n) is 2.03. The van der Waals surface area contributed by atoms with Crippen LogP contribution in [0.25, 0.3) is 4.96 Å². The first-order valence-corrected chi connectivity index (χ1v) is 6.96. The number of thiazole rings is 1. The SMILES string of the molecule is Cc1cn2c(CNCCc3ncno3)c(C)nc2s1. The first-order chi connectivity index (χ1) is 9.24. The van der Waals surface area contributed by atoms with Gasteiger partial charge in [-0.2, -0.15) is 4.98 Å². The third-order valence-electron chi connectivity index (χ3n) is 2.96. The van der Waals surface area contributed by atoms with Crippen LogP contribution in [-0.4, -0.2) is 26.1 Å². The Kier molecular flexibility index (Phi) is 3.31. The van der Waals surface area contributed by atoms with Gasteiger partial charge in [0.25, 0.3) is 0 Å². The second-order valence-corrected chi connectivity index (χ2v) is 5.61. The van der Waals surface area contributed by atoms with Crippen LogP contribution < -0.4 is 5.32 Å². The second kappa shape index (κ2) is 5.10. The normalized spacial score (nSPS) is 11.5. The molecule has 3 aromatic rings. The third-order valence-corrected chi connectivity index (χ3v) is 3.85. The molecule has 0 saturated heterocycles. The van der Waals surface area contributed by atoms with Crippen molar-refractivity contribution in [2.45, 2.75) is 26.8 Å². The van der Waals surface area contributed by atoms with Gasteiger partial charge in [-0.1, -0.05) is 5.16 Å². The fourth-order valence-corrected chi connectivity index (χ4v) is 2.92. The molecule has 0 amide bonds. The first kappa shape index (κ1) is 12.3. The van der Waals surface area contributed by atoms with Crippen LogP contribution in [0.5, 0.6) is 0 Å². The Morgan fingerprint density at radius 3 is 3.11 bits per heavy atom. The number of hydrogen-bond donors (Lipinski definition) is 1. The topological polar surface area (TPSA) is 68.2 Å². The average molecular weight is 277 g/mol. The van der Waals surface area contributed by atoms with Crippen LogP contribution in [0.3, 0.4) is 0 Å². The van der Waals surface area contributed by atoms with Crippen molar-refractivity contribution in [1.82, 2.24) is 24.8 Å². The molecule has 0 atom stereocenters. The second-order valence-electron chi connectivity index (χ2n) is 4.40. The van der Waals surface area contributed by atoms with Gasteiger partial charge >= 0.3 is 0 Å². The lowest BCUT2D eigenvalue weighted by Crippen LogP contribution is -2.18. The van der Waals surface area contributed by atoms with Crippen molar-refractivity contribution in [3.05, 3.63) is 34.7 Å². The summed E-state index contributed by atoms with van der Waals surface area (Å²) in [5.41, 5.74) is 2.29. The van der Waals surface area contributed by atoms with Crippen molar-refractivity contribution in [3.63, 3.8) is 0 Å². The first-order valence-electron chi connectivity index (χ1n) is 6.14. The minimum Gasteiger partial charge on any atom is -0.340 e. The van der Waals surface area contributed by atoms with Crippen molar-refractivity contribution in [3.8, 4) is 0 Å².